The Morgan fingerprint density at radius 2 is 1.86 bits per heavy atom. The van der Waals surface area contributed by atoms with Crippen molar-refractivity contribution in [3.05, 3.63) is 0 Å². The van der Waals surface area contributed by atoms with Gasteiger partial charge in [-0.3, -0.25) is 9.59 Å². The number of amides is 1. The maximum absolute atomic E-state index is 11.7. The van der Waals surface area contributed by atoms with Crippen LogP contribution < -0.4 is 0 Å². The summed E-state index contributed by atoms with van der Waals surface area (Å²) in [5.74, 6) is 0.0910. The van der Waals surface area contributed by atoms with E-state index in [9.17, 15) is 9.59 Å². The quantitative estimate of drug-likeness (QED) is 0.646. The summed E-state index contributed by atoms with van der Waals surface area (Å²) in [7, 11) is 0. The Morgan fingerprint density at radius 1 is 1.29 bits per heavy atom. The highest BCUT2D eigenvalue weighted by molar-refractivity contribution is 6.00. The van der Waals surface area contributed by atoms with Gasteiger partial charge in [0, 0.05) is 18.5 Å². The van der Waals surface area contributed by atoms with Crippen molar-refractivity contribution in [3.63, 3.8) is 0 Å². The van der Waals surface area contributed by atoms with E-state index in [0.29, 0.717) is 13.0 Å². The van der Waals surface area contributed by atoms with Crippen molar-refractivity contribution < 1.29 is 9.59 Å². The van der Waals surface area contributed by atoms with Crippen LogP contribution in [0.15, 0.2) is 0 Å². The van der Waals surface area contributed by atoms with E-state index >= 15 is 0 Å². The summed E-state index contributed by atoms with van der Waals surface area (Å²) in [6.07, 6.45) is 2.53. The monoisotopic (exact) mass is 197 g/mol. The van der Waals surface area contributed by atoms with Gasteiger partial charge in [0.1, 0.15) is 5.78 Å². The molecule has 1 aliphatic heterocycles. The van der Waals surface area contributed by atoms with E-state index in [1.54, 1.807) is 0 Å². The first kappa shape index (κ1) is 11.2. The third kappa shape index (κ3) is 1.97. The van der Waals surface area contributed by atoms with Crippen LogP contribution in [-0.2, 0) is 9.59 Å². The highest BCUT2D eigenvalue weighted by Crippen LogP contribution is 2.26. The van der Waals surface area contributed by atoms with Crippen LogP contribution in [0.5, 0.6) is 0 Å². The van der Waals surface area contributed by atoms with Crippen LogP contribution in [0.2, 0.25) is 0 Å². The number of piperidine rings is 1. The van der Waals surface area contributed by atoms with Gasteiger partial charge in [0.05, 0.1) is 6.42 Å². The number of ketones is 1. The van der Waals surface area contributed by atoms with Crippen molar-refractivity contribution in [2.24, 2.45) is 0 Å². The minimum atomic E-state index is -0.0578. The van der Waals surface area contributed by atoms with Gasteiger partial charge < -0.3 is 4.90 Å². The molecule has 1 saturated heterocycles. The molecule has 0 aromatic heterocycles. The molecular weight excluding hydrogens is 178 g/mol. The second-order valence-electron chi connectivity index (χ2n) is 4.21. The summed E-state index contributed by atoms with van der Waals surface area (Å²) >= 11 is 0. The molecule has 1 amide bonds. The van der Waals surface area contributed by atoms with Gasteiger partial charge in [-0.1, -0.05) is 13.8 Å². The van der Waals surface area contributed by atoms with Gasteiger partial charge in [-0.25, -0.2) is 0 Å². The van der Waals surface area contributed by atoms with Crippen molar-refractivity contribution >= 4 is 11.7 Å². The zero-order chi connectivity index (χ0) is 10.8. The molecule has 0 unspecified atom stereocenters. The summed E-state index contributed by atoms with van der Waals surface area (Å²) in [4.78, 5) is 24.6. The van der Waals surface area contributed by atoms with Gasteiger partial charge in [-0.2, -0.15) is 0 Å². The molecule has 0 spiro atoms. The molecule has 0 radical (unpaired) electrons. The van der Waals surface area contributed by atoms with Crippen molar-refractivity contribution in [1.82, 2.24) is 4.90 Å². The van der Waals surface area contributed by atoms with Crippen molar-refractivity contribution in [2.75, 3.05) is 6.54 Å². The second-order valence-corrected chi connectivity index (χ2v) is 4.21. The lowest BCUT2D eigenvalue weighted by atomic mass is 9.90. The average molecular weight is 197 g/mol. The first-order chi connectivity index (χ1) is 6.53. The maximum atomic E-state index is 11.7. The number of carbonyl (C=O) groups is 2. The lowest BCUT2D eigenvalue weighted by Gasteiger charge is -2.42. The molecule has 0 saturated carbocycles. The lowest BCUT2D eigenvalue weighted by molar-refractivity contribution is -0.145. The molecule has 0 aromatic carbocycles. The fraction of sp³-hybridized carbons (Fsp3) is 0.818. The van der Waals surface area contributed by atoms with Crippen molar-refractivity contribution in [1.29, 1.82) is 0 Å². The van der Waals surface area contributed by atoms with E-state index in [-0.39, 0.29) is 23.7 Å². The summed E-state index contributed by atoms with van der Waals surface area (Å²) in [6, 6.07) is 0. The molecule has 0 atom stereocenters. The smallest absolute Gasteiger partial charge is 0.230 e. The average Bonchev–Trinajstić information content (AvgIpc) is 2.17. The van der Waals surface area contributed by atoms with Crippen molar-refractivity contribution in [2.45, 2.75) is 52.0 Å². The largest absolute Gasteiger partial charge is 0.337 e. The third-order valence-corrected chi connectivity index (χ3v) is 3.44. The number of rotatable bonds is 3. The van der Waals surface area contributed by atoms with Crippen molar-refractivity contribution in [3.8, 4) is 0 Å². The zero-order valence-corrected chi connectivity index (χ0v) is 9.30. The minimum absolute atomic E-state index is 0.00690. The van der Waals surface area contributed by atoms with E-state index in [2.05, 4.69) is 20.8 Å². The minimum Gasteiger partial charge on any atom is -0.337 e. The van der Waals surface area contributed by atoms with Crippen LogP contribution in [0.1, 0.15) is 46.5 Å². The van der Waals surface area contributed by atoms with Gasteiger partial charge in [-0.05, 0) is 19.8 Å². The molecule has 0 bridgehead atoms. The molecule has 3 heteroatoms. The molecule has 1 rings (SSSR count). The maximum Gasteiger partial charge on any atom is 0.230 e. The van der Waals surface area contributed by atoms with E-state index in [0.717, 1.165) is 12.8 Å². The summed E-state index contributed by atoms with van der Waals surface area (Å²) < 4.78 is 0. The second kappa shape index (κ2) is 4.11. The SMILES string of the molecule is CCC(C)(CC)N1CCC(=O)CC1=O. The van der Waals surface area contributed by atoms with Crippen LogP contribution in [0.4, 0.5) is 0 Å². The highest BCUT2D eigenvalue weighted by Gasteiger charge is 2.35. The van der Waals surface area contributed by atoms with Gasteiger partial charge in [0.25, 0.3) is 0 Å². The Bertz CT molecular complexity index is 244. The van der Waals surface area contributed by atoms with Crippen LogP contribution in [-0.4, -0.2) is 28.7 Å². The van der Waals surface area contributed by atoms with Gasteiger partial charge in [0.2, 0.25) is 5.91 Å². The van der Waals surface area contributed by atoms with E-state index in [4.69, 9.17) is 0 Å². The molecule has 0 aliphatic carbocycles. The number of Topliss-reactive ketones (excluding diaryl/α,β-unsaturated/α-hetero) is 1. The third-order valence-electron chi connectivity index (χ3n) is 3.44. The molecule has 1 aliphatic rings. The zero-order valence-electron chi connectivity index (χ0n) is 9.30. The number of likely N-dealkylation sites (tertiary alicyclic amines) is 1. The molecule has 0 N–H and O–H groups in total. The number of nitrogens with zero attached hydrogens (tertiary/aromatic N) is 1. The Hall–Kier alpha value is -0.860. The molecular formula is C11H19NO2. The van der Waals surface area contributed by atoms with Crippen LogP contribution in [0.3, 0.4) is 0 Å². The Labute approximate surface area is 85.5 Å². The lowest BCUT2D eigenvalue weighted by Crippen LogP contribution is -2.52. The molecule has 14 heavy (non-hydrogen) atoms. The van der Waals surface area contributed by atoms with E-state index in [1.807, 2.05) is 4.90 Å². The Balaban J connectivity index is 2.77. The predicted octanol–water partition coefficient (Wildman–Crippen LogP) is 1.76. The first-order valence-electron chi connectivity index (χ1n) is 5.35. The molecule has 1 fully saturated rings. The molecule has 1 heterocycles. The predicted molar refractivity (Wildman–Crippen MR) is 54.9 cm³/mol. The van der Waals surface area contributed by atoms with Gasteiger partial charge in [0.15, 0.2) is 0 Å². The topological polar surface area (TPSA) is 37.4 Å². The normalized spacial score (nSPS) is 18.9. The fourth-order valence-electron chi connectivity index (χ4n) is 1.92. The molecule has 80 valence electrons. The number of hydrogen-bond acceptors (Lipinski definition) is 2. The number of hydrogen-bond donors (Lipinski definition) is 0. The molecule has 3 nitrogen and oxygen atoms in total. The summed E-state index contributed by atoms with van der Waals surface area (Å²) in [5, 5.41) is 0. The van der Waals surface area contributed by atoms with E-state index < -0.39 is 0 Å². The summed E-state index contributed by atoms with van der Waals surface area (Å²) in [6.45, 7) is 6.89. The van der Waals surface area contributed by atoms with Gasteiger partial charge >= 0.3 is 0 Å². The van der Waals surface area contributed by atoms with Crippen LogP contribution in [0.25, 0.3) is 0 Å². The fourth-order valence-corrected chi connectivity index (χ4v) is 1.92. The van der Waals surface area contributed by atoms with E-state index in [1.165, 1.54) is 0 Å². The Morgan fingerprint density at radius 3 is 2.29 bits per heavy atom. The highest BCUT2D eigenvalue weighted by atomic mass is 16.2. The van der Waals surface area contributed by atoms with Crippen LogP contribution >= 0.6 is 0 Å². The number of carbonyl (C=O) groups excluding carboxylic acids is 2. The standard InChI is InChI=1S/C11H19NO2/c1-4-11(3,5-2)12-7-6-9(13)8-10(12)14/h4-8H2,1-3H3. The van der Waals surface area contributed by atoms with Crippen LogP contribution in [0, 0.1) is 0 Å². The first-order valence-corrected chi connectivity index (χ1v) is 5.35. The molecule has 0 aromatic rings. The Kier molecular flexibility index (Phi) is 3.29. The van der Waals surface area contributed by atoms with Gasteiger partial charge in [-0.15, -0.1) is 0 Å². The summed E-state index contributed by atoms with van der Waals surface area (Å²) in [5.41, 5.74) is -0.0578.